The van der Waals surface area contributed by atoms with Crippen LogP contribution in [0, 0.1) is 5.92 Å². The summed E-state index contributed by atoms with van der Waals surface area (Å²) in [4.78, 5) is 33.9. The molecule has 1 aromatic heterocycles. The van der Waals surface area contributed by atoms with Crippen LogP contribution in [-0.2, 0) is 20.8 Å². The van der Waals surface area contributed by atoms with Crippen LogP contribution >= 0.6 is 0 Å². The van der Waals surface area contributed by atoms with Crippen molar-refractivity contribution in [3.63, 3.8) is 0 Å². The first-order valence-electron chi connectivity index (χ1n) is 8.62. The lowest BCUT2D eigenvalue weighted by atomic mass is 9.73. The molecule has 1 fully saturated rings. The lowest BCUT2D eigenvalue weighted by molar-refractivity contribution is -0.134. The van der Waals surface area contributed by atoms with Crippen molar-refractivity contribution in [1.82, 2.24) is 10.3 Å². The standard InChI is InChI=1S/C15H17N3O.C4H4O4/c16-15(19)9-4-11-10-2-1-3-12-14(10)8(6-17-12)5-13(11)18-7-9;5-3(6)1-2-4(7)8/h1-3,6,9,11,13,17-18H,4-5,7H2,(H2,16,19);1-2H,(H,5,6)(H,7,8)/b;2-1-/t9?,11-,13-;/m1./s1. The lowest BCUT2D eigenvalue weighted by Crippen LogP contribution is -2.49. The smallest absolute Gasteiger partial charge is 0.328 e. The summed E-state index contributed by atoms with van der Waals surface area (Å²) >= 11 is 0. The Morgan fingerprint density at radius 2 is 1.85 bits per heavy atom. The van der Waals surface area contributed by atoms with Crippen LogP contribution in [0.3, 0.4) is 0 Å². The molecule has 142 valence electrons. The number of benzene rings is 1. The summed E-state index contributed by atoms with van der Waals surface area (Å²) in [5, 5.41) is 20.5. The van der Waals surface area contributed by atoms with Gasteiger partial charge in [-0.15, -0.1) is 0 Å². The number of rotatable bonds is 3. The molecule has 8 nitrogen and oxygen atoms in total. The Kier molecular flexibility index (Phi) is 5.27. The van der Waals surface area contributed by atoms with Crippen LogP contribution in [0.15, 0.2) is 36.5 Å². The summed E-state index contributed by atoms with van der Waals surface area (Å²) in [6.07, 6.45) is 5.14. The molecule has 1 aliphatic heterocycles. The molecule has 0 radical (unpaired) electrons. The van der Waals surface area contributed by atoms with E-state index in [0.717, 1.165) is 12.8 Å². The number of aliphatic carboxylic acids is 2. The number of piperidine rings is 1. The number of hydrogen-bond donors (Lipinski definition) is 5. The molecule has 1 aromatic carbocycles. The van der Waals surface area contributed by atoms with Crippen LogP contribution in [0.25, 0.3) is 10.9 Å². The fourth-order valence-electron chi connectivity index (χ4n) is 3.90. The molecule has 3 atom stereocenters. The molecule has 2 heterocycles. The molecule has 4 rings (SSSR count). The van der Waals surface area contributed by atoms with E-state index in [1.807, 2.05) is 0 Å². The van der Waals surface area contributed by atoms with Gasteiger partial charge in [-0.3, -0.25) is 4.79 Å². The second-order valence-corrected chi connectivity index (χ2v) is 6.75. The maximum atomic E-state index is 11.4. The van der Waals surface area contributed by atoms with Gasteiger partial charge in [0.25, 0.3) is 0 Å². The van der Waals surface area contributed by atoms with Crippen molar-refractivity contribution in [3.8, 4) is 0 Å². The average Bonchev–Trinajstić information content (AvgIpc) is 3.05. The number of aromatic amines is 1. The number of aromatic nitrogens is 1. The van der Waals surface area contributed by atoms with Gasteiger partial charge in [0.1, 0.15) is 0 Å². The maximum Gasteiger partial charge on any atom is 0.328 e. The molecule has 8 heteroatoms. The Morgan fingerprint density at radius 1 is 1.15 bits per heavy atom. The highest BCUT2D eigenvalue weighted by Gasteiger charge is 2.37. The third-order valence-electron chi connectivity index (χ3n) is 5.08. The number of carboxylic acids is 2. The number of primary amides is 1. The number of nitrogens with two attached hydrogens (primary N) is 1. The molecule has 1 amide bonds. The normalized spacial score (nSPS) is 23.3. The Balaban J connectivity index is 0.000000226. The van der Waals surface area contributed by atoms with Gasteiger partial charge in [-0.1, -0.05) is 12.1 Å². The van der Waals surface area contributed by atoms with Crippen molar-refractivity contribution >= 4 is 28.7 Å². The molecule has 1 saturated heterocycles. The minimum Gasteiger partial charge on any atom is -0.478 e. The molecule has 1 unspecified atom stereocenters. The minimum absolute atomic E-state index is 0.0444. The monoisotopic (exact) mass is 371 g/mol. The molecular formula is C19H21N3O5. The summed E-state index contributed by atoms with van der Waals surface area (Å²) in [6, 6.07) is 6.84. The second-order valence-electron chi connectivity index (χ2n) is 6.75. The van der Waals surface area contributed by atoms with Crippen molar-refractivity contribution in [3.05, 3.63) is 47.7 Å². The van der Waals surface area contributed by atoms with Crippen LogP contribution in [0.2, 0.25) is 0 Å². The van der Waals surface area contributed by atoms with E-state index in [0.29, 0.717) is 30.7 Å². The van der Waals surface area contributed by atoms with E-state index in [4.69, 9.17) is 15.9 Å². The molecule has 1 aliphatic carbocycles. The summed E-state index contributed by atoms with van der Waals surface area (Å²) in [7, 11) is 0. The zero-order valence-corrected chi connectivity index (χ0v) is 14.5. The molecule has 2 aromatic rings. The topological polar surface area (TPSA) is 146 Å². The first-order valence-corrected chi connectivity index (χ1v) is 8.62. The van der Waals surface area contributed by atoms with Gasteiger partial charge in [-0.25, -0.2) is 9.59 Å². The number of H-pyrrole nitrogens is 1. The fraction of sp³-hybridized carbons (Fsp3) is 0.316. The molecule has 2 aliphatic rings. The number of hydrogen-bond acceptors (Lipinski definition) is 4. The first-order chi connectivity index (χ1) is 12.9. The van der Waals surface area contributed by atoms with E-state index < -0.39 is 11.9 Å². The van der Waals surface area contributed by atoms with Gasteiger partial charge in [0.15, 0.2) is 0 Å². The lowest BCUT2D eigenvalue weighted by Gasteiger charge is -2.39. The van der Waals surface area contributed by atoms with Gasteiger partial charge in [0, 0.05) is 47.8 Å². The number of fused-ring (bicyclic) bond motifs is 2. The zero-order valence-electron chi connectivity index (χ0n) is 14.5. The predicted octanol–water partition coefficient (Wildman–Crippen LogP) is 0.983. The number of nitrogens with one attached hydrogen (secondary N) is 2. The molecule has 27 heavy (non-hydrogen) atoms. The predicted molar refractivity (Wildman–Crippen MR) is 98.2 cm³/mol. The van der Waals surface area contributed by atoms with Gasteiger partial charge < -0.3 is 26.2 Å². The van der Waals surface area contributed by atoms with E-state index in [2.05, 4.69) is 34.7 Å². The van der Waals surface area contributed by atoms with Crippen molar-refractivity contribution < 1.29 is 24.6 Å². The first kappa shape index (κ1) is 18.7. The van der Waals surface area contributed by atoms with E-state index in [9.17, 15) is 14.4 Å². The van der Waals surface area contributed by atoms with Gasteiger partial charge in [-0.2, -0.15) is 0 Å². The van der Waals surface area contributed by atoms with Gasteiger partial charge in [0.2, 0.25) is 5.91 Å². The van der Waals surface area contributed by atoms with E-state index in [-0.39, 0.29) is 11.8 Å². The van der Waals surface area contributed by atoms with E-state index in [1.165, 1.54) is 22.0 Å². The molecule has 6 N–H and O–H groups in total. The van der Waals surface area contributed by atoms with E-state index >= 15 is 0 Å². The summed E-state index contributed by atoms with van der Waals surface area (Å²) in [5.74, 6) is -2.34. The van der Waals surface area contributed by atoms with Crippen LogP contribution < -0.4 is 11.1 Å². The van der Waals surface area contributed by atoms with Gasteiger partial charge in [0.05, 0.1) is 5.92 Å². The summed E-state index contributed by atoms with van der Waals surface area (Å²) in [6.45, 7) is 0.715. The Labute approximate surface area is 155 Å². The molecule has 0 saturated carbocycles. The largest absolute Gasteiger partial charge is 0.478 e. The Hall–Kier alpha value is -3.13. The third-order valence-corrected chi connectivity index (χ3v) is 5.08. The highest BCUT2D eigenvalue weighted by Crippen LogP contribution is 2.41. The summed E-state index contributed by atoms with van der Waals surface area (Å²) < 4.78 is 0. The van der Waals surface area contributed by atoms with Gasteiger partial charge >= 0.3 is 11.9 Å². The number of carbonyl (C=O) groups is 3. The Bertz CT molecular complexity index is 901. The second kappa shape index (κ2) is 7.63. The van der Waals surface area contributed by atoms with Crippen molar-refractivity contribution in [2.45, 2.75) is 24.8 Å². The van der Waals surface area contributed by atoms with E-state index in [1.54, 1.807) is 0 Å². The number of amides is 1. The van der Waals surface area contributed by atoms with Crippen molar-refractivity contribution in [2.24, 2.45) is 11.7 Å². The quantitative estimate of drug-likeness (QED) is 0.509. The van der Waals surface area contributed by atoms with Gasteiger partial charge in [-0.05, 0) is 30.0 Å². The van der Waals surface area contributed by atoms with Crippen molar-refractivity contribution in [2.75, 3.05) is 6.54 Å². The van der Waals surface area contributed by atoms with Crippen LogP contribution in [-0.4, -0.2) is 45.6 Å². The zero-order chi connectivity index (χ0) is 19.6. The third kappa shape index (κ3) is 4.01. The van der Waals surface area contributed by atoms with Crippen LogP contribution in [0.4, 0.5) is 0 Å². The molecule has 0 spiro atoms. The minimum atomic E-state index is -1.26. The van der Waals surface area contributed by atoms with Crippen LogP contribution in [0.5, 0.6) is 0 Å². The highest BCUT2D eigenvalue weighted by molar-refractivity contribution is 5.90. The maximum absolute atomic E-state index is 11.4. The Morgan fingerprint density at radius 3 is 2.48 bits per heavy atom. The SMILES string of the molecule is NC(=O)C1CN[C@@H]2Cc3c[nH]c4cccc(c34)[C@H]2C1.O=C(O)/C=C\C(=O)O. The highest BCUT2D eigenvalue weighted by atomic mass is 16.4. The van der Waals surface area contributed by atoms with Crippen LogP contribution in [0.1, 0.15) is 23.5 Å². The van der Waals surface area contributed by atoms with Crippen molar-refractivity contribution in [1.29, 1.82) is 0 Å². The number of carboxylic acid groups (broad SMARTS) is 2. The molecule has 0 bridgehead atoms. The summed E-state index contributed by atoms with van der Waals surface area (Å²) in [5.41, 5.74) is 9.43. The fourth-order valence-corrected chi connectivity index (χ4v) is 3.90. The average molecular weight is 371 g/mol. The number of carbonyl (C=O) groups excluding carboxylic acids is 1. The molecular weight excluding hydrogens is 350 g/mol.